The largest absolute Gasteiger partial charge is 0.385 e. The second kappa shape index (κ2) is 5.49. The van der Waals surface area contributed by atoms with Crippen molar-refractivity contribution in [3.05, 3.63) is 23.5 Å². The van der Waals surface area contributed by atoms with E-state index in [4.69, 9.17) is 4.74 Å². The number of hydrogen-bond acceptors (Lipinski definition) is 4. The standard InChI is InChI=1S/C12H12FNO3S/c1-17-3-2-4-18-10-6-9-7(5-8(10)13)11(15)12(16)14-9/h5-6H,2-4H2,1H3,(H,14,15,16). The fourth-order valence-corrected chi connectivity index (χ4v) is 2.52. The molecule has 0 radical (unpaired) electrons. The molecule has 2 rings (SSSR count). The number of nitrogens with one attached hydrogen (secondary N) is 1. The second-order valence-electron chi connectivity index (χ2n) is 3.81. The molecule has 96 valence electrons. The van der Waals surface area contributed by atoms with Gasteiger partial charge in [-0.25, -0.2) is 4.39 Å². The first-order valence-corrected chi connectivity index (χ1v) is 6.43. The molecule has 4 nitrogen and oxygen atoms in total. The van der Waals surface area contributed by atoms with Crippen LogP contribution in [0.5, 0.6) is 0 Å². The van der Waals surface area contributed by atoms with Gasteiger partial charge in [0, 0.05) is 24.4 Å². The van der Waals surface area contributed by atoms with Crippen molar-refractivity contribution in [1.29, 1.82) is 0 Å². The van der Waals surface area contributed by atoms with Gasteiger partial charge in [-0.2, -0.15) is 0 Å². The van der Waals surface area contributed by atoms with E-state index in [1.54, 1.807) is 7.11 Å². The third-order valence-corrected chi connectivity index (χ3v) is 3.64. The predicted molar refractivity (Wildman–Crippen MR) is 66.6 cm³/mol. The first-order chi connectivity index (χ1) is 8.63. The summed E-state index contributed by atoms with van der Waals surface area (Å²) in [7, 11) is 1.61. The van der Waals surface area contributed by atoms with Crippen LogP contribution < -0.4 is 5.32 Å². The molecule has 0 spiro atoms. The van der Waals surface area contributed by atoms with Gasteiger partial charge in [0.15, 0.2) is 0 Å². The summed E-state index contributed by atoms with van der Waals surface area (Å²) in [4.78, 5) is 22.9. The average Bonchev–Trinajstić information content (AvgIpc) is 2.61. The summed E-state index contributed by atoms with van der Waals surface area (Å²) >= 11 is 1.34. The van der Waals surface area contributed by atoms with Crippen LogP contribution in [-0.2, 0) is 9.53 Å². The summed E-state index contributed by atoms with van der Waals surface area (Å²) in [5.74, 6) is -1.14. The summed E-state index contributed by atoms with van der Waals surface area (Å²) in [5.41, 5.74) is 0.499. The number of Topliss-reactive ketones (excluding diaryl/α,β-unsaturated/α-hetero) is 1. The molecule has 1 aliphatic heterocycles. The second-order valence-corrected chi connectivity index (χ2v) is 4.94. The molecule has 0 fully saturated rings. The fourth-order valence-electron chi connectivity index (χ4n) is 1.64. The maximum atomic E-state index is 13.7. The van der Waals surface area contributed by atoms with Gasteiger partial charge < -0.3 is 10.1 Å². The molecule has 1 aromatic carbocycles. The van der Waals surface area contributed by atoms with Crippen molar-refractivity contribution in [3.63, 3.8) is 0 Å². The van der Waals surface area contributed by atoms with E-state index < -0.39 is 17.5 Å². The van der Waals surface area contributed by atoms with Gasteiger partial charge in [-0.05, 0) is 18.6 Å². The fraction of sp³-hybridized carbons (Fsp3) is 0.333. The van der Waals surface area contributed by atoms with Gasteiger partial charge in [0.2, 0.25) is 0 Å². The molecule has 18 heavy (non-hydrogen) atoms. The Morgan fingerprint density at radius 3 is 2.89 bits per heavy atom. The zero-order chi connectivity index (χ0) is 13.1. The highest BCUT2D eigenvalue weighted by Gasteiger charge is 2.29. The van der Waals surface area contributed by atoms with Gasteiger partial charge in [-0.15, -0.1) is 11.8 Å². The lowest BCUT2D eigenvalue weighted by atomic mass is 10.1. The Bertz CT molecular complexity index is 504. The Morgan fingerprint density at radius 2 is 2.17 bits per heavy atom. The van der Waals surface area contributed by atoms with Gasteiger partial charge in [-0.1, -0.05) is 0 Å². The van der Waals surface area contributed by atoms with Crippen molar-refractivity contribution in [1.82, 2.24) is 0 Å². The van der Waals surface area contributed by atoms with Gasteiger partial charge in [0.05, 0.1) is 11.3 Å². The molecule has 1 aromatic rings. The van der Waals surface area contributed by atoms with E-state index in [9.17, 15) is 14.0 Å². The molecule has 0 aromatic heterocycles. The van der Waals surface area contributed by atoms with Crippen LogP contribution >= 0.6 is 11.8 Å². The van der Waals surface area contributed by atoms with Crippen LogP contribution in [0.15, 0.2) is 17.0 Å². The Kier molecular flexibility index (Phi) is 3.98. The maximum absolute atomic E-state index is 13.7. The van der Waals surface area contributed by atoms with E-state index >= 15 is 0 Å². The lowest BCUT2D eigenvalue weighted by Gasteiger charge is -2.05. The Labute approximate surface area is 108 Å². The zero-order valence-corrected chi connectivity index (χ0v) is 10.6. The highest BCUT2D eigenvalue weighted by Crippen LogP contribution is 2.31. The number of amides is 1. The van der Waals surface area contributed by atoms with E-state index in [0.29, 0.717) is 22.9 Å². The summed E-state index contributed by atoms with van der Waals surface area (Å²) in [6.45, 7) is 0.620. The van der Waals surface area contributed by atoms with Crippen LogP contribution in [0.3, 0.4) is 0 Å². The minimum absolute atomic E-state index is 0.110. The van der Waals surface area contributed by atoms with E-state index in [1.165, 1.54) is 17.8 Å². The number of anilines is 1. The molecule has 6 heteroatoms. The summed E-state index contributed by atoms with van der Waals surface area (Å²) < 4.78 is 18.6. The third kappa shape index (κ3) is 2.54. The highest BCUT2D eigenvalue weighted by atomic mass is 32.2. The predicted octanol–water partition coefficient (Wildman–Crippen LogP) is 2.09. The van der Waals surface area contributed by atoms with Crippen LogP contribution in [0.25, 0.3) is 0 Å². The summed E-state index contributed by atoms with van der Waals surface area (Å²) in [6, 6.07) is 2.62. The lowest BCUT2D eigenvalue weighted by molar-refractivity contribution is -0.112. The number of carbonyl (C=O) groups is 2. The number of ketones is 1. The molecule has 1 N–H and O–H groups in total. The average molecular weight is 269 g/mol. The van der Waals surface area contributed by atoms with Crippen LogP contribution in [0.2, 0.25) is 0 Å². The molecule has 0 atom stereocenters. The molecule has 1 amide bonds. The molecular weight excluding hydrogens is 257 g/mol. The Morgan fingerprint density at radius 1 is 1.39 bits per heavy atom. The quantitative estimate of drug-likeness (QED) is 0.505. The highest BCUT2D eigenvalue weighted by molar-refractivity contribution is 7.99. The molecule has 1 aliphatic rings. The molecule has 0 unspecified atom stereocenters. The number of methoxy groups -OCH3 is 1. The van der Waals surface area contributed by atoms with E-state index in [0.717, 1.165) is 12.5 Å². The van der Waals surface area contributed by atoms with E-state index in [-0.39, 0.29) is 5.56 Å². The molecular formula is C12H12FNO3S. The monoisotopic (exact) mass is 269 g/mol. The first-order valence-electron chi connectivity index (χ1n) is 5.44. The number of thioether (sulfide) groups is 1. The van der Waals surface area contributed by atoms with Gasteiger partial charge in [-0.3, -0.25) is 9.59 Å². The summed E-state index contributed by atoms with van der Waals surface area (Å²) in [5, 5.41) is 2.42. The van der Waals surface area contributed by atoms with Crippen molar-refractivity contribution < 1.29 is 18.7 Å². The number of rotatable bonds is 5. The number of halogens is 1. The van der Waals surface area contributed by atoms with Crippen LogP contribution in [-0.4, -0.2) is 31.2 Å². The minimum Gasteiger partial charge on any atom is -0.385 e. The lowest BCUT2D eigenvalue weighted by Crippen LogP contribution is -2.12. The number of benzene rings is 1. The minimum atomic E-state index is -0.703. The maximum Gasteiger partial charge on any atom is 0.296 e. The van der Waals surface area contributed by atoms with Gasteiger partial charge in [0.25, 0.3) is 11.7 Å². The Balaban J connectivity index is 2.12. The van der Waals surface area contributed by atoms with Crippen LogP contribution in [0.4, 0.5) is 10.1 Å². The smallest absolute Gasteiger partial charge is 0.296 e. The number of ether oxygens (including phenoxy) is 1. The van der Waals surface area contributed by atoms with E-state index in [2.05, 4.69) is 5.32 Å². The van der Waals surface area contributed by atoms with E-state index in [1.807, 2.05) is 0 Å². The summed E-state index contributed by atoms with van der Waals surface area (Å²) in [6.07, 6.45) is 0.809. The van der Waals surface area contributed by atoms with Gasteiger partial charge >= 0.3 is 0 Å². The SMILES string of the molecule is COCCCSc1cc2c(cc1F)C(=O)C(=O)N2. The third-order valence-electron chi connectivity index (χ3n) is 2.52. The molecule has 0 saturated heterocycles. The topological polar surface area (TPSA) is 55.4 Å². The van der Waals surface area contributed by atoms with Gasteiger partial charge in [0.1, 0.15) is 5.82 Å². The van der Waals surface area contributed by atoms with Crippen LogP contribution in [0, 0.1) is 5.82 Å². The molecule has 0 aliphatic carbocycles. The Hall–Kier alpha value is -1.40. The van der Waals surface area contributed by atoms with Crippen molar-refractivity contribution in [2.24, 2.45) is 0 Å². The van der Waals surface area contributed by atoms with Crippen molar-refractivity contribution >= 4 is 29.1 Å². The van der Waals surface area contributed by atoms with Crippen molar-refractivity contribution in [3.8, 4) is 0 Å². The number of hydrogen-bond donors (Lipinski definition) is 1. The number of carbonyl (C=O) groups excluding carboxylic acids is 2. The molecule has 1 heterocycles. The molecule has 0 saturated carbocycles. The molecule has 0 bridgehead atoms. The number of fused-ring (bicyclic) bond motifs is 1. The van der Waals surface area contributed by atoms with Crippen molar-refractivity contribution in [2.75, 3.05) is 24.8 Å². The van der Waals surface area contributed by atoms with Crippen LogP contribution in [0.1, 0.15) is 16.8 Å². The first kappa shape index (κ1) is 13.0. The van der Waals surface area contributed by atoms with Crippen molar-refractivity contribution in [2.45, 2.75) is 11.3 Å². The normalized spacial score (nSPS) is 13.7. The zero-order valence-electron chi connectivity index (χ0n) is 9.79.